The second kappa shape index (κ2) is 5.89. The molecule has 0 saturated carbocycles. The first kappa shape index (κ1) is 14.6. The number of aliphatic hydroxyl groups is 1. The highest BCUT2D eigenvalue weighted by Gasteiger charge is 2.42. The molecule has 2 bridgehead atoms. The van der Waals surface area contributed by atoms with Crippen molar-refractivity contribution in [1.29, 1.82) is 5.41 Å². The van der Waals surface area contributed by atoms with Gasteiger partial charge in [0.1, 0.15) is 0 Å². The van der Waals surface area contributed by atoms with Crippen molar-refractivity contribution in [2.75, 3.05) is 13.1 Å². The van der Waals surface area contributed by atoms with Gasteiger partial charge in [-0.3, -0.25) is 15.3 Å². The van der Waals surface area contributed by atoms with Crippen LogP contribution in [0.4, 0.5) is 0 Å². The minimum absolute atomic E-state index is 0.162. The molecule has 3 aliphatic heterocycles. The van der Waals surface area contributed by atoms with Crippen LogP contribution >= 0.6 is 0 Å². The van der Waals surface area contributed by atoms with E-state index in [1.165, 1.54) is 0 Å². The number of aliphatic hydroxyl groups excluding tert-OH is 1. The van der Waals surface area contributed by atoms with Crippen molar-refractivity contribution >= 4 is 16.8 Å². The molecule has 3 fully saturated rings. The Labute approximate surface area is 136 Å². The lowest BCUT2D eigenvalue weighted by molar-refractivity contribution is -0.0443. The molecule has 5 unspecified atom stereocenters. The number of pyridine rings is 1. The zero-order valence-electron chi connectivity index (χ0n) is 13.0. The summed E-state index contributed by atoms with van der Waals surface area (Å²) in [4.78, 5) is 6.78. The lowest BCUT2D eigenvalue weighted by Gasteiger charge is -2.50. The third kappa shape index (κ3) is 2.49. The molecule has 5 rings (SSSR count). The summed E-state index contributed by atoms with van der Waals surface area (Å²) in [5.41, 5.74) is 1.91. The predicted octanol–water partition coefficient (Wildman–Crippen LogP) is 2.78. The topological polar surface area (TPSA) is 60.2 Å². The van der Waals surface area contributed by atoms with Crippen LogP contribution in [0.25, 0.3) is 10.9 Å². The molecule has 1 aromatic carbocycles. The van der Waals surface area contributed by atoms with Crippen LogP contribution in [0.2, 0.25) is 0 Å². The van der Waals surface area contributed by atoms with Crippen molar-refractivity contribution in [1.82, 2.24) is 9.88 Å². The molecule has 1 aromatic heterocycles. The highest BCUT2D eigenvalue weighted by atomic mass is 16.3. The van der Waals surface area contributed by atoms with Gasteiger partial charge >= 0.3 is 0 Å². The number of hydrogen-bond donors (Lipinski definition) is 2. The number of fused-ring (bicyclic) bond motifs is 4. The monoisotopic (exact) mass is 307 g/mol. The first-order valence-electron chi connectivity index (χ1n) is 8.29. The first-order valence-corrected chi connectivity index (χ1v) is 8.29. The molecular formula is C19H21N3O. The number of benzene rings is 1. The number of aromatic nitrogens is 1. The van der Waals surface area contributed by atoms with Gasteiger partial charge in [-0.1, -0.05) is 18.2 Å². The Kier molecular flexibility index (Phi) is 3.74. The zero-order valence-corrected chi connectivity index (χ0v) is 13.0. The summed E-state index contributed by atoms with van der Waals surface area (Å²) < 4.78 is 0. The fraction of sp³-hybridized carbons (Fsp3) is 0.421. The SMILES string of the molecule is N=C=CC1CN2CCC1CC2C(O)c1ccnc2ccccc12. The standard InChI is InChI=1S/C19H21N3O/c20-8-5-14-12-22-10-7-13(14)11-18(22)19(23)16-6-9-21-17-4-2-1-3-15(16)17/h1-6,9,13-14,18-20,23H,7,10-12H2. The summed E-state index contributed by atoms with van der Waals surface area (Å²) in [6, 6.07) is 10.1. The number of nitrogens with one attached hydrogen (secondary N) is 1. The number of hydrogen-bond acceptors (Lipinski definition) is 4. The van der Waals surface area contributed by atoms with Gasteiger partial charge in [0.05, 0.1) is 11.6 Å². The van der Waals surface area contributed by atoms with Crippen LogP contribution in [0.5, 0.6) is 0 Å². The van der Waals surface area contributed by atoms with Crippen molar-refractivity contribution in [3.8, 4) is 0 Å². The summed E-state index contributed by atoms with van der Waals surface area (Å²) in [5.74, 6) is 3.43. The molecule has 2 aromatic rings. The zero-order chi connectivity index (χ0) is 15.8. The lowest BCUT2D eigenvalue weighted by atomic mass is 9.73. The van der Waals surface area contributed by atoms with Gasteiger partial charge in [-0.2, -0.15) is 0 Å². The quantitative estimate of drug-likeness (QED) is 0.857. The third-order valence-corrected chi connectivity index (χ3v) is 5.51. The van der Waals surface area contributed by atoms with E-state index in [4.69, 9.17) is 5.41 Å². The second-order valence-electron chi connectivity index (χ2n) is 6.68. The molecule has 2 N–H and O–H groups in total. The normalized spacial score (nSPS) is 30.8. The molecule has 118 valence electrons. The molecule has 0 aliphatic carbocycles. The number of rotatable bonds is 3. The summed E-state index contributed by atoms with van der Waals surface area (Å²) in [6.45, 7) is 1.97. The van der Waals surface area contributed by atoms with E-state index in [1.807, 2.05) is 36.4 Å². The smallest absolute Gasteiger partial charge is 0.0952 e. The van der Waals surface area contributed by atoms with Crippen molar-refractivity contribution in [2.45, 2.75) is 25.0 Å². The van der Waals surface area contributed by atoms with Gasteiger partial charge in [-0.15, -0.1) is 0 Å². The largest absolute Gasteiger partial charge is 0.387 e. The average Bonchev–Trinajstić information content (AvgIpc) is 2.61. The van der Waals surface area contributed by atoms with E-state index in [0.29, 0.717) is 11.8 Å². The Hall–Kier alpha value is -2.00. The van der Waals surface area contributed by atoms with Gasteiger partial charge in [-0.25, -0.2) is 0 Å². The first-order chi connectivity index (χ1) is 11.3. The van der Waals surface area contributed by atoms with Crippen LogP contribution in [0.1, 0.15) is 24.5 Å². The lowest BCUT2D eigenvalue weighted by Crippen LogP contribution is -2.54. The molecule has 4 heteroatoms. The minimum Gasteiger partial charge on any atom is -0.387 e. The maximum absolute atomic E-state index is 11.0. The van der Waals surface area contributed by atoms with Crippen molar-refractivity contribution in [3.63, 3.8) is 0 Å². The van der Waals surface area contributed by atoms with Crippen LogP contribution in [0, 0.1) is 17.2 Å². The number of piperidine rings is 3. The summed E-state index contributed by atoms with van der Waals surface area (Å²) in [5, 5.41) is 19.3. The highest BCUT2D eigenvalue weighted by molar-refractivity contribution is 5.82. The maximum Gasteiger partial charge on any atom is 0.0952 e. The van der Waals surface area contributed by atoms with Gasteiger partial charge < -0.3 is 5.11 Å². The average molecular weight is 307 g/mol. The van der Waals surface area contributed by atoms with Crippen LogP contribution in [-0.4, -0.2) is 40.0 Å². The predicted molar refractivity (Wildman–Crippen MR) is 90.6 cm³/mol. The molecule has 5 atom stereocenters. The Morgan fingerprint density at radius 2 is 2.22 bits per heavy atom. The van der Waals surface area contributed by atoms with E-state index in [-0.39, 0.29) is 6.04 Å². The molecular weight excluding hydrogens is 286 g/mol. The summed E-state index contributed by atoms with van der Waals surface area (Å²) in [7, 11) is 0. The van der Waals surface area contributed by atoms with E-state index in [1.54, 1.807) is 6.20 Å². The molecule has 4 nitrogen and oxygen atoms in total. The number of nitrogens with zero attached hydrogens (tertiary/aromatic N) is 2. The van der Waals surface area contributed by atoms with Crippen LogP contribution in [0.3, 0.4) is 0 Å². The Balaban J connectivity index is 1.65. The van der Waals surface area contributed by atoms with Crippen LogP contribution < -0.4 is 0 Å². The maximum atomic E-state index is 11.0. The molecule has 0 amide bonds. The van der Waals surface area contributed by atoms with Crippen molar-refractivity contribution in [3.05, 3.63) is 48.2 Å². The highest BCUT2D eigenvalue weighted by Crippen LogP contribution is 2.41. The van der Waals surface area contributed by atoms with E-state index in [2.05, 4.69) is 15.8 Å². The molecule has 23 heavy (non-hydrogen) atoms. The molecule has 0 radical (unpaired) electrons. The fourth-order valence-electron chi connectivity index (χ4n) is 4.32. The Morgan fingerprint density at radius 3 is 3.00 bits per heavy atom. The van der Waals surface area contributed by atoms with Gasteiger partial charge in [-0.05, 0) is 54.9 Å². The molecule has 3 saturated heterocycles. The van der Waals surface area contributed by atoms with E-state index in [0.717, 1.165) is 42.4 Å². The Bertz CT molecular complexity index is 763. The van der Waals surface area contributed by atoms with Gasteiger partial charge in [0.25, 0.3) is 0 Å². The third-order valence-electron chi connectivity index (χ3n) is 5.51. The van der Waals surface area contributed by atoms with Gasteiger partial charge in [0, 0.05) is 30.1 Å². The summed E-state index contributed by atoms with van der Waals surface area (Å²) >= 11 is 0. The van der Waals surface area contributed by atoms with E-state index >= 15 is 0 Å². The van der Waals surface area contributed by atoms with Crippen LogP contribution in [-0.2, 0) is 0 Å². The second-order valence-corrected chi connectivity index (χ2v) is 6.68. The Morgan fingerprint density at radius 1 is 1.35 bits per heavy atom. The van der Waals surface area contributed by atoms with Crippen molar-refractivity contribution < 1.29 is 5.11 Å². The van der Waals surface area contributed by atoms with Gasteiger partial charge in [0.15, 0.2) is 0 Å². The minimum atomic E-state index is -0.490. The van der Waals surface area contributed by atoms with Gasteiger partial charge in [0.2, 0.25) is 0 Å². The van der Waals surface area contributed by atoms with E-state index in [9.17, 15) is 5.11 Å². The molecule has 0 spiro atoms. The number of para-hydroxylation sites is 1. The van der Waals surface area contributed by atoms with Crippen LogP contribution in [0.15, 0.2) is 42.6 Å². The summed E-state index contributed by atoms with van der Waals surface area (Å²) in [6.07, 6.45) is 5.33. The molecule has 4 heterocycles. The fourth-order valence-corrected chi connectivity index (χ4v) is 4.32. The molecule has 3 aliphatic rings. The van der Waals surface area contributed by atoms with E-state index < -0.39 is 6.10 Å². The van der Waals surface area contributed by atoms with Crippen molar-refractivity contribution in [2.24, 2.45) is 11.8 Å².